The highest BCUT2D eigenvalue weighted by Crippen LogP contribution is 2.18. The van der Waals surface area contributed by atoms with E-state index in [-0.39, 0.29) is 11.7 Å². The molecule has 2 aromatic heterocycles. The molecule has 0 atom stereocenters. The SMILES string of the molecule is Cc1cccc(-c2nc(N)n(C(=O)c3ccco3)n2)c1. The number of aryl methyl sites for hydroxylation is 1. The maximum absolute atomic E-state index is 12.1. The number of furan rings is 1. The van der Waals surface area contributed by atoms with E-state index < -0.39 is 5.91 Å². The molecule has 0 saturated carbocycles. The van der Waals surface area contributed by atoms with Crippen LogP contribution in [0.3, 0.4) is 0 Å². The van der Waals surface area contributed by atoms with Crippen LogP contribution in [0.2, 0.25) is 0 Å². The summed E-state index contributed by atoms with van der Waals surface area (Å²) in [6.45, 7) is 1.97. The van der Waals surface area contributed by atoms with Gasteiger partial charge in [0.05, 0.1) is 6.26 Å². The van der Waals surface area contributed by atoms with Crippen LogP contribution in [0, 0.1) is 6.92 Å². The Kier molecular flexibility index (Phi) is 2.83. The van der Waals surface area contributed by atoms with Gasteiger partial charge in [0.15, 0.2) is 11.6 Å². The molecule has 6 heteroatoms. The number of anilines is 1. The van der Waals surface area contributed by atoms with E-state index in [9.17, 15) is 4.79 Å². The van der Waals surface area contributed by atoms with Gasteiger partial charge < -0.3 is 10.2 Å². The lowest BCUT2D eigenvalue weighted by Crippen LogP contribution is -2.15. The second-order valence-electron chi connectivity index (χ2n) is 4.36. The lowest BCUT2D eigenvalue weighted by atomic mass is 10.1. The predicted molar refractivity (Wildman–Crippen MR) is 73.0 cm³/mol. The van der Waals surface area contributed by atoms with Gasteiger partial charge in [0.25, 0.3) is 0 Å². The maximum Gasteiger partial charge on any atom is 0.317 e. The smallest absolute Gasteiger partial charge is 0.317 e. The highest BCUT2D eigenvalue weighted by atomic mass is 16.3. The van der Waals surface area contributed by atoms with Crippen molar-refractivity contribution in [3.63, 3.8) is 0 Å². The zero-order valence-electron chi connectivity index (χ0n) is 10.8. The summed E-state index contributed by atoms with van der Waals surface area (Å²) in [4.78, 5) is 16.2. The van der Waals surface area contributed by atoms with Gasteiger partial charge in [-0.05, 0) is 25.1 Å². The third-order valence-corrected chi connectivity index (χ3v) is 2.83. The zero-order valence-corrected chi connectivity index (χ0v) is 10.8. The fraction of sp³-hybridized carbons (Fsp3) is 0.0714. The average Bonchev–Trinajstić information content (AvgIpc) is 3.07. The minimum Gasteiger partial charge on any atom is -0.459 e. The summed E-state index contributed by atoms with van der Waals surface area (Å²) >= 11 is 0. The summed E-state index contributed by atoms with van der Waals surface area (Å²) in [7, 11) is 0. The molecule has 0 unspecified atom stereocenters. The number of carbonyl (C=O) groups excluding carboxylic acids is 1. The number of nitrogen functional groups attached to an aromatic ring is 1. The first-order chi connectivity index (χ1) is 9.65. The molecule has 100 valence electrons. The summed E-state index contributed by atoms with van der Waals surface area (Å²) in [6.07, 6.45) is 1.42. The Morgan fingerprint density at radius 2 is 2.15 bits per heavy atom. The lowest BCUT2D eigenvalue weighted by molar-refractivity contribution is 0.0920. The van der Waals surface area contributed by atoms with Gasteiger partial charge in [-0.15, -0.1) is 5.10 Å². The van der Waals surface area contributed by atoms with Gasteiger partial charge in [0.1, 0.15) is 0 Å². The Hall–Kier alpha value is -2.89. The molecule has 20 heavy (non-hydrogen) atoms. The van der Waals surface area contributed by atoms with Crippen LogP contribution in [-0.2, 0) is 0 Å². The van der Waals surface area contributed by atoms with Crippen molar-refractivity contribution in [1.82, 2.24) is 14.8 Å². The number of carbonyl (C=O) groups is 1. The molecule has 2 heterocycles. The Bertz CT molecular complexity index is 759. The molecular weight excluding hydrogens is 256 g/mol. The normalized spacial score (nSPS) is 10.7. The van der Waals surface area contributed by atoms with E-state index in [0.29, 0.717) is 5.82 Å². The summed E-state index contributed by atoms with van der Waals surface area (Å²) < 4.78 is 6.08. The first-order valence-electron chi connectivity index (χ1n) is 6.03. The molecule has 0 aliphatic rings. The standard InChI is InChI=1S/C14H12N4O2/c1-9-4-2-5-10(8-9)12-16-14(15)18(17-12)13(19)11-6-3-7-20-11/h2-8H,1H3,(H2,15,16,17). The average molecular weight is 268 g/mol. The first-order valence-corrected chi connectivity index (χ1v) is 6.03. The number of benzene rings is 1. The number of hydrogen-bond donors (Lipinski definition) is 1. The number of hydrogen-bond acceptors (Lipinski definition) is 5. The highest BCUT2D eigenvalue weighted by molar-refractivity contribution is 5.94. The molecule has 2 N–H and O–H groups in total. The molecule has 6 nitrogen and oxygen atoms in total. The van der Waals surface area contributed by atoms with Crippen LogP contribution in [0.5, 0.6) is 0 Å². The number of aromatic nitrogens is 3. The largest absolute Gasteiger partial charge is 0.459 e. The van der Waals surface area contributed by atoms with Gasteiger partial charge in [-0.3, -0.25) is 4.79 Å². The fourth-order valence-electron chi connectivity index (χ4n) is 1.88. The number of nitrogens with zero attached hydrogens (tertiary/aromatic N) is 3. The molecule has 0 bridgehead atoms. The third-order valence-electron chi connectivity index (χ3n) is 2.83. The van der Waals surface area contributed by atoms with Crippen molar-refractivity contribution in [3.05, 3.63) is 54.0 Å². The molecule has 3 rings (SSSR count). The van der Waals surface area contributed by atoms with Crippen LogP contribution >= 0.6 is 0 Å². The quantitative estimate of drug-likeness (QED) is 0.769. The first kappa shape index (κ1) is 12.2. The molecule has 3 aromatic rings. The van der Waals surface area contributed by atoms with Crippen molar-refractivity contribution in [1.29, 1.82) is 0 Å². The summed E-state index contributed by atoms with van der Waals surface area (Å²) in [5, 5.41) is 4.15. The van der Waals surface area contributed by atoms with Gasteiger partial charge in [0, 0.05) is 5.56 Å². The van der Waals surface area contributed by atoms with Crippen molar-refractivity contribution >= 4 is 11.9 Å². The van der Waals surface area contributed by atoms with Crippen LogP contribution in [0.4, 0.5) is 5.95 Å². The van der Waals surface area contributed by atoms with E-state index in [4.69, 9.17) is 10.2 Å². The number of nitrogens with two attached hydrogens (primary N) is 1. The van der Waals surface area contributed by atoms with Crippen LogP contribution in [0.15, 0.2) is 47.1 Å². The highest BCUT2D eigenvalue weighted by Gasteiger charge is 2.18. The van der Waals surface area contributed by atoms with E-state index in [1.807, 2.05) is 31.2 Å². The molecular formula is C14H12N4O2. The van der Waals surface area contributed by atoms with Crippen molar-refractivity contribution in [3.8, 4) is 11.4 Å². The number of rotatable bonds is 2. The van der Waals surface area contributed by atoms with Crippen molar-refractivity contribution in [2.45, 2.75) is 6.92 Å². The molecule has 0 aliphatic carbocycles. The van der Waals surface area contributed by atoms with Gasteiger partial charge >= 0.3 is 5.91 Å². The Morgan fingerprint density at radius 3 is 2.85 bits per heavy atom. The van der Waals surface area contributed by atoms with Crippen molar-refractivity contribution in [2.75, 3.05) is 5.73 Å². The second kappa shape index (κ2) is 4.65. The molecule has 0 aliphatic heterocycles. The third kappa shape index (κ3) is 2.07. The topological polar surface area (TPSA) is 86.9 Å². The monoisotopic (exact) mass is 268 g/mol. The van der Waals surface area contributed by atoms with E-state index in [2.05, 4.69) is 10.1 Å². The van der Waals surface area contributed by atoms with E-state index >= 15 is 0 Å². The van der Waals surface area contributed by atoms with Crippen LogP contribution in [0.25, 0.3) is 11.4 Å². The lowest BCUT2D eigenvalue weighted by Gasteiger charge is -1.97. The fourth-order valence-corrected chi connectivity index (χ4v) is 1.88. The maximum atomic E-state index is 12.1. The van der Waals surface area contributed by atoms with E-state index in [0.717, 1.165) is 15.8 Å². The zero-order chi connectivity index (χ0) is 14.1. The van der Waals surface area contributed by atoms with E-state index in [1.165, 1.54) is 6.26 Å². The molecule has 1 aromatic carbocycles. The molecule has 0 spiro atoms. The summed E-state index contributed by atoms with van der Waals surface area (Å²) in [5.41, 5.74) is 7.64. The molecule has 0 fully saturated rings. The van der Waals surface area contributed by atoms with Gasteiger partial charge in [-0.1, -0.05) is 23.8 Å². The summed E-state index contributed by atoms with van der Waals surface area (Å²) in [6, 6.07) is 10.8. The second-order valence-corrected chi connectivity index (χ2v) is 4.36. The molecule has 0 radical (unpaired) electrons. The van der Waals surface area contributed by atoms with Crippen molar-refractivity contribution in [2.24, 2.45) is 0 Å². The minimum absolute atomic E-state index is 0.0305. The van der Waals surface area contributed by atoms with Gasteiger partial charge in [-0.2, -0.15) is 9.67 Å². The van der Waals surface area contributed by atoms with Crippen LogP contribution < -0.4 is 5.73 Å². The van der Waals surface area contributed by atoms with Gasteiger partial charge in [-0.25, -0.2) is 0 Å². The van der Waals surface area contributed by atoms with Crippen LogP contribution in [0.1, 0.15) is 16.1 Å². The Labute approximate surface area is 114 Å². The molecule has 0 saturated heterocycles. The Morgan fingerprint density at radius 1 is 1.30 bits per heavy atom. The van der Waals surface area contributed by atoms with Crippen molar-refractivity contribution < 1.29 is 9.21 Å². The van der Waals surface area contributed by atoms with E-state index in [1.54, 1.807) is 12.1 Å². The minimum atomic E-state index is -0.445. The summed E-state index contributed by atoms with van der Waals surface area (Å²) in [5.74, 6) is 0.158. The molecule has 0 amide bonds. The Balaban J connectivity index is 2.01. The predicted octanol–water partition coefficient (Wildman–Crippen LogP) is 2.12. The van der Waals surface area contributed by atoms with Crippen LogP contribution in [-0.4, -0.2) is 20.7 Å². The van der Waals surface area contributed by atoms with Gasteiger partial charge in [0.2, 0.25) is 5.95 Å².